The van der Waals surface area contributed by atoms with Gasteiger partial charge in [-0.05, 0) is 24.6 Å². The maximum absolute atomic E-state index is 12.9. The highest BCUT2D eigenvalue weighted by Gasteiger charge is 2.19. The third-order valence-corrected chi connectivity index (χ3v) is 3.10. The maximum Gasteiger partial charge on any atom is 0.221 e. The molecule has 0 saturated carbocycles. The number of hydrogen-bond donors (Lipinski definition) is 2. The molecule has 1 aromatic carbocycles. The first-order valence-corrected chi connectivity index (χ1v) is 7.70. The van der Waals surface area contributed by atoms with E-state index < -0.39 is 21.9 Å². The Balaban J connectivity index is 2.91. The molecule has 0 saturated heterocycles. The van der Waals surface area contributed by atoms with Gasteiger partial charge in [-0.25, -0.2) is 17.5 Å². The molecular weight excluding hydrogens is 271 g/mol. The molecule has 19 heavy (non-hydrogen) atoms. The first-order valence-electron chi connectivity index (χ1n) is 5.81. The standard InChI is InChI=1S/C12H17FN2O3S/c1-3-14-12(16)8-11(15-19(2,17)18)9-4-6-10(13)7-5-9/h4-7,11,15H,3,8H2,1-2H3,(H,14,16)/t11-/m0/s1. The minimum Gasteiger partial charge on any atom is -0.356 e. The number of carbonyl (C=O) groups excluding carboxylic acids is 1. The van der Waals surface area contributed by atoms with E-state index in [0.717, 1.165) is 6.26 Å². The molecule has 0 unspecified atom stereocenters. The highest BCUT2D eigenvalue weighted by atomic mass is 32.2. The van der Waals surface area contributed by atoms with Crippen molar-refractivity contribution in [3.05, 3.63) is 35.6 Å². The van der Waals surface area contributed by atoms with Gasteiger partial charge in [0.05, 0.1) is 12.3 Å². The molecule has 1 amide bonds. The van der Waals surface area contributed by atoms with Gasteiger partial charge in [-0.3, -0.25) is 4.79 Å². The largest absolute Gasteiger partial charge is 0.356 e. The second-order valence-corrected chi connectivity index (χ2v) is 5.93. The Morgan fingerprint density at radius 2 is 1.89 bits per heavy atom. The van der Waals surface area contributed by atoms with Crippen LogP contribution in [-0.2, 0) is 14.8 Å². The minimum atomic E-state index is -3.47. The molecule has 1 rings (SSSR count). The normalized spacial score (nSPS) is 13.0. The molecule has 7 heteroatoms. The van der Waals surface area contributed by atoms with E-state index in [2.05, 4.69) is 10.0 Å². The highest BCUT2D eigenvalue weighted by Crippen LogP contribution is 2.18. The Morgan fingerprint density at radius 3 is 2.37 bits per heavy atom. The monoisotopic (exact) mass is 288 g/mol. The highest BCUT2D eigenvalue weighted by molar-refractivity contribution is 7.88. The SMILES string of the molecule is CCNC(=O)C[C@H](NS(C)(=O)=O)c1ccc(F)cc1. The summed E-state index contributed by atoms with van der Waals surface area (Å²) in [5.41, 5.74) is 0.540. The first-order chi connectivity index (χ1) is 8.81. The summed E-state index contributed by atoms with van der Waals surface area (Å²) in [4.78, 5) is 11.6. The Kier molecular flexibility index (Phi) is 5.44. The van der Waals surface area contributed by atoms with Crippen LogP contribution in [0.5, 0.6) is 0 Å². The summed E-state index contributed by atoms with van der Waals surface area (Å²) in [5, 5.41) is 2.60. The Labute approximate surface area is 112 Å². The van der Waals surface area contributed by atoms with Gasteiger partial charge >= 0.3 is 0 Å². The number of carbonyl (C=O) groups is 1. The van der Waals surface area contributed by atoms with E-state index in [4.69, 9.17) is 0 Å². The van der Waals surface area contributed by atoms with E-state index in [1.807, 2.05) is 0 Å². The van der Waals surface area contributed by atoms with Crippen LogP contribution >= 0.6 is 0 Å². The van der Waals surface area contributed by atoms with Gasteiger partial charge in [-0.1, -0.05) is 12.1 Å². The van der Waals surface area contributed by atoms with E-state index >= 15 is 0 Å². The van der Waals surface area contributed by atoms with Crippen molar-refractivity contribution in [1.82, 2.24) is 10.0 Å². The number of rotatable bonds is 6. The minimum absolute atomic E-state index is 0.0352. The van der Waals surface area contributed by atoms with Crippen molar-refractivity contribution in [2.45, 2.75) is 19.4 Å². The molecule has 2 N–H and O–H groups in total. The molecule has 0 aliphatic heterocycles. The molecule has 0 bridgehead atoms. The molecule has 0 aromatic heterocycles. The van der Waals surface area contributed by atoms with E-state index in [1.54, 1.807) is 6.92 Å². The van der Waals surface area contributed by atoms with Gasteiger partial charge in [0.2, 0.25) is 15.9 Å². The van der Waals surface area contributed by atoms with Gasteiger partial charge < -0.3 is 5.32 Å². The van der Waals surface area contributed by atoms with Crippen LogP contribution < -0.4 is 10.0 Å². The number of sulfonamides is 1. The third kappa shape index (κ3) is 5.80. The fraction of sp³-hybridized carbons (Fsp3) is 0.417. The van der Waals surface area contributed by atoms with Crippen LogP contribution in [0.1, 0.15) is 24.9 Å². The molecule has 0 heterocycles. The zero-order chi connectivity index (χ0) is 14.5. The number of benzene rings is 1. The molecule has 5 nitrogen and oxygen atoms in total. The first kappa shape index (κ1) is 15.6. The molecule has 1 aromatic rings. The second kappa shape index (κ2) is 6.63. The Morgan fingerprint density at radius 1 is 1.32 bits per heavy atom. The van der Waals surface area contributed by atoms with E-state index in [-0.39, 0.29) is 12.3 Å². The Hall–Kier alpha value is -1.47. The van der Waals surface area contributed by atoms with Crippen molar-refractivity contribution in [2.75, 3.05) is 12.8 Å². The van der Waals surface area contributed by atoms with Crippen LogP contribution in [0.4, 0.5) is 4.39 Å². The summed E-state index contributed by atoms with van der Waals surface area (Å²) in [6, 6.07) is 4.66. The van der Waals surface area contributed by atoms with Crippen molar-refractivity contribution in [2.24, 2.45) is 0 Å². The van der Waals surface area contributed by atoms with E-state index in [1.165, 1.54) is 24.3 Å². The lowest BCUT2D eigenvalue weighted by molar-refractivity contribution is -0.121. The third-order valence-electron chi connectivity index (χ3n) is 2.39. The van der Waals surface area contributed by atoms with Gasteiger partial charge in [-0.2, -0.15) is 0 Å². The summed E-state index contributed by atoms with van der Waals surface area (Å²) in [6.45, 7) is 2.24. The number of nitrogens with one attached hydrogen (secondary N) is 2. The van der Waals surface area contributed by atoms with Crippen molar-refractivity contribution in [3.8, 4) is 0 Å². The number of hydrogen-bond acceptors (Lipinski definition) is 3. The number of halogens is 1. The van der Waals surface area contributed by atoms with Crippen molar-refractivity contribution >= 4 is 15.9 Å². The van der Waals surface area contributed by atoms with Crippen LogP contribution in [0.2, 0.25) is 0 Å². The summed E-state index contributed by atoms with van der Waals surface area (Å²) >= 11 is 0. The van der Waals surface area contributed by atoms with Crippen LogP contribution in [0, 0.1) is 5.82 Å². The summed E-state index contributed by atoms with van der Waals surface area (Å²) < 4.78 is 37.8. The van der Waals surface area contributed by atoms with Crippen LogP contribution in [0.3, 0.4) is 0 Å². The van der Waals surface area contributed by atoms with Gasteiger partial charge in [0, 0.05) is 13.0 Å². The molecule has 1 atom stereocenters. The zero-order valence-electron chi connectivity index (χ0n) is 10.8. The number of amides is 1. The molecule has 0 spiro atoms. The predicted octanol–water partition coefficient (Wildman–Crippen LogP) is 0.942. The smallest absolute Gasteiger partial charge is 0.221 e. The fourth-order valence-electron chi connectivity index (χ4n) is 1.64. The lowest BCUT2D eigenvalue weighted by Crippen LogP contribution is -2.33. The van der Waals surface area contributed by atoms with Crippen LogP contribution in [0.25, 0.3) is 0 Å². The summed E-state index contributed by atoms with van der Waals surface area (Å²) in [7, 11) is -3.47. The molecule has 0 aliphatic rings. The van der Waals surface area contributed by atoms with Gasteiger partial charge in [0.1, 0.15) is 5.82 Å². The van der Waals surface area contributed by atoms with Gasteiger partial charge in [-0.15, -0.1) is 0 Å². The van der Waals surface area contributed by atoms with Gasteiger partial charge in [0.15, 0.2) is 0 Å². The van der Waals surface area contributed by atoms with E-state index in [9.17, 15) is 17.6 Å². The molecule has 106 valence electrons. The maximum atomic E-state index is 12.9. The Bertz CT molecular complexity index is 528. The lowest BCUT2D eigenvalue weighted by atomic mass is 10.0. The van der Waals surface area contributed by atoms with Crippen LogP contribution in [-0.4, -0.2) is 27.1 Å². The molecule has 0 radical (unpaired) electrons. The molecule has 0 fully saturated rings. The predicted molar refractivity (Wildman–Crippen MR) is 70.4 cm³/mol. The average molecular weight is 288 g/mol. The lowest BCUT2D eigenvalue weighted by Gasteiger charge is -2.17. The van der Waals surface area contributed by atoms with Gasteiger partial charge in [0.25, 0.3) is 0 Å². The van der Waals surface area contributed by atoms with Crippen molar-refractivity contribution in [3.63, 3.8) is 0 Å². The van der Waals surface area contributed by atoms with Crippen LogP contribution in [0.15, 0.2) is 24.3 Å². The fourth-order valence-corrected chi connectivity index (χ4v) is 2.37. The summed E-state index contributed by atoms with van der Waals surface area (Å²) in [5.74, 6) is -0.687. The molecule has 0 aliphatic carbocycles. The topological polar surface area (TPSA) is 75.3 Å². The van der Waals surface area contributed by atoms with Crippen molar-refractivity contribution < 1.29 is 17.6 Å². The molecular formula is C12H17FN2O3S. The summed E-state index contributed by atoms with van der Waals surface area (Å²) in [6.07, 6.45) is 0.980. The second-order valence-electron chi connectivity index (χ2n) is 4.15. The van der Waals surface area contributed by atoms with Crippen molar-refractivity contribution in [1.29, 1.82) is 0 Å². The quantitative estimate of drug-likeness (QED) is 0.818. The van der Waals surface area contributed by atoms with E-state index in [0.29, 0.717) is 12.1 Å². The zero-order valence-corrected chi connectivity index (χ0v) is 11.6. The average Bonchev–Trinajstić information content (AvgIpc) is 2.27.